The van der Waals surface area contributed by atoms with Gasteiger partial charge in [-0.25, -0.2) is 0 Å². The molecule has 0 aliphatic carbocycles. The van der Waals surface area contributed by atoms with Gasteiger partial charge in [0.05, 0.1) is 27.0 Å². The number of nitrogens with one attached hydrogen (secondary N) is 2. The van der Waals surface area contributed by atoms with E-state index in [4.69, 9.17) is 13.9 Å². The summed E-state index contributed by atoms with van der Waals surface area (Å²) in [6, 6.07) is 8.94. The molecule has 7 nitrogen and oxygen atoms in total. The Hall–Kier alpha value is -2.96. The van der Waals surface area contributed by atoms with Crippen molar-refractivity contribution in [3.63, 3.8) is 0 Å². The number of benzene rings is 1. The molecule has 2 aromatic rings. The normalized spacial score (nSPS) is 10.1. The minimum atomic E-state index is -0.696. The van der Waals surface area contributed by atoms with Gasteiger partial charge in [-0.2, -0.15) is 0 Å². The van der Waals surface area contributed by atoms with E-state index in [-0.39, 0.29) is 6.54 Å². The molecule has 7 heteroatoms. The van der Waals surface area contributed by atoms with E-state index in [1.54, 1.807) is 32.4 Å². The molecule has 0 saturated carbocycles. The summed E-state index contributed by atoms with van der Waals surface area (Å²) in [6.07, 6.45) is 2.07. The Kier molecular flexibility index (Phi) is 6.24. The summed E-state index contributed by atoms with van der Waals surface area (Å²) in [4.78, 5) is 23.4. The minimum Gasteiger partial charge on any atom is -0.493 e. The van der Waals surface area contributed by atoms with Gasteiger partial charge >= 0.3 is 11.8 Å². The van der Waals surface area contributed by atoms with E-state index in [0.717, 1.165) is 5.56 Å². The molecular weight excluding hydrogens is 312 g/mol. The maximum absolute atomic E-state index is 11.7. The van der Waals surface area contributed by atoms with Crippen molar-refractivity contribution >= 4 is 11.8 Å². The highest BCUT2D eigenvalue weighted by Gasteiger charge is 2.13. The second kappa shape index (κ2) is 8.61. The van der Waals surface area contributed by atoms with Gasteiger partial charge in [0.25, 0.3) is 0 Å². The van der Waals surface area contributed by atoms with Crippen molar-refractivity contribution in [2.75, 3.05) is 20.8 Å². The van der Waals surface area contributed by atoms with E-state index in [9.17, 15) is 9.59 Å². The zero-order valence-electron chi connectivity index (χ0n) is 13.6. The number of carbonyl (C=O) groups excluding carboxylic acids is 2. The molecule has 2 N–H and O–H groups in total. The monoisotopic (exact) mass is 332 g/mol. The molecule has 0 unspecified atom stereocenters. The summed E-state index contributed by atoms with van der Waals surface area (Å²) >= 11 is 0. The van der Waals surface area contributed by atoms with Gasteiger partial charge in [0, 0.05) is 6.54 Å². The van der Waals surface area contributed by atoms with Gasteiger partial charge in [0.1, 0.15) is 5.76 Å². The fourth-order valence-electron chi connectivity index (χ4n) is 2.10. The van der Waals surface area contributed by atoms with Gasteiger partial charge in [0.15, 0.2) is 11.5 Å². The Labute approximate surface area is 139 Å². The summed E-state index contributed by atoms with van der Waals surface area (Å²) in [7, 11) is 3.13. The van der Waals surface area contributed by atoms with Crippen molar-refractivity contribution in [2.45, 2.75) is 13.0 Å². The molecule has 2 rings (SSSR count). The molecule has 0 bridgehead atoms. The summed E-state index contributed by atoms with van der Waals surface area (Å²) in [5, 5.41) is 5.06. The quantitative estimate of drug-likeness (QED) is 0.745. The highest BCUT2D eigenvalue weighted by Crippen LogP contribution is 2.27. The van der Waals surface area contributed by atoms with Crippen LogP contribution in [0.2, 0.25) is 0 Å². The Bertz CT molecular complexity index is 682. The van der Waals surface area contributed by atoms with Crippen molar-refractivity contribution in [3.8, 4) is 11.5 Å². The number of amides is 2. The van der Waals surface area contributed by atoms with Crippen molar-refractivity contribution in [2.24, 2.45) is 0 Å². The van der Waals surface area contributed by atoms with E-state index >= 15 is 0 Å². The van der Waals surface area contributed by atoms with Crippen molar-refractivity contribution in [1.82, 2.24) is 10.6 Å². The standard InChI is InChI=1S/C17H20N2O5/c1-22-14-6-5-12(10-15(14)23-2)7-8-18-16(20)17(21)19-11-13-4-3-9-24-13/h3-6,9-10H,7-8,11H2,1-2H3,(H,18,20)(H,19,21). The van der Waals surface area contributed by atoms with E-state index in [2.05, 4.69) is 10.6 Å². The lowest BCUT2D eigenvalue weighted by Crippen LogP contribution is -2.40. The zero-order chi connectivity index (χ0) is 17.4. The average Bonchev–Trinajstić information content (AvgIpc) is 3.12. The van der Waals surface area contributed by atoms with Gasteiger partial charge < -0.3 is 24.5 Å². The van der Waals surface area contributed by atoms with Crippen molar-refractivity contribution in [1.29, 1.82) is 0 Å². The van der Waals surface area contributed by atoms with Crippen LogP contribution in [0.15, 0.2) is 41.0 Å². The van der Waals surface area contributed by atoms with E-state index in [1.165, 1.54) is 6.26 Å². The first kappa shape index (κ1) is 17.4. The minimum absolute atomic E-state index is 0.176. The van der Waals surface area contributed by atoms with Gasteiger partial charge in [-0.05, 0) is 36.2 Å². The Balaban J connectivity index is 1.76. The SMILES string of the molecule is COc1ccc(CCNC(=O)C(=O)NCc2ccco2)cc1OC. The zero-order valence-corrected chi connectivity index (χ0v) is 13.6. The second-order valence-electron chi connectivity index (χ2n) is 4.96. The van der Waals surface area contributed by atoms with Crippen LogP contribution in [0.5, 0.6) is 11.5 Å². The highest BCUT2D eigenvalue weighted by atomic mass is 16.5. The van der Waals surface area contributed by atoms with Crippen LogP contribution in [0, 0.1) is 0 Å². The number of methoxy groups -OCH3 is 2. The van der Waals surface area contributed by atoms with Gasteiger partial charge in [0.2, 0.25) is 0 Å². The van der Waals surface area contributed by atoms with Crippen LogP contribution in [0.1, 0.15) is 11.3 Å². The molecule has 0 aliphatic rings. The lowest BCUT2D eigenvalue weighted by Gasteiger charge is -2.10. The summed E-state index contributed by atoms with van der Waals surface area (Å²) in [5.41, 5.74) is 0.962. The van der Waals surface area contributed by atoms with Gasteiger partial charge in [-0.1, -0.05) is 6.07 Å². The highest BCUT2D eigenvalue weighted by molar-refractivity contribution is 6.35. The number of hydrogen-bond acceptors (Lipinski definition) is 5. The predicted molar refractivity (Wildman–Crippen MR) is 86.8 cm³/mol. The van der Waals surface area contributed by atoms with Crippen LogP contribution in [0.4, 0.5) is 0 Å². The second-order valence-corrected chi connectivity index (χ2v) is 4.96. The molecule has 0 atom stereocenters. The van der Waals surface area contributed by atoms with Crippen LogP contribution < -0.4 is 20.1 Å². The molecule has 1 heterocycles. The molecule has 0 aliphatic heterocycles. The number of ether oxygens (including phenoxy) is 2. The molecular formula is C17H20N2O5. The predicted octanol–water partition coefficient (Wildman–Crippen LogP) is 1.27. The Morgan fingerprint density at radius 3 is 2.46 bits per heavy atom. The molecule has 0 radical (unpaired) electrons. The molecule has 2 amide bonds. The number of rotatable bonds is 7. The summed E-state index contributed by atoms with van der Waals surface area (Å²) in [6.45, 7) is 0.511. The van der Waals surface area contributed by atoms with Crippen LogP contribution in [0.3, 0.4) is 0 Å². The fourth-order valence-corrected chi connectivity index (χ4v) is 2.10. The molecule has 24 heavy (non-hydrogen) atoms. The lowest BCUT2D eigenvalue weighted by atomic mass is 10.1. The molecule has 0 saturated heterocycles. The number of hydrogen-bond donors (Lipinski definition) is 2. The molecule has 0 spiro atoms. The van der Waals surface area contributed by atoms with Crippen LogP contribution in [-0.2, 0) is 22.6 Å². The fraction of sp³-hybridized carbons (Fsp3) is 0.294. The first-order valence-corrected chi connectivity index (χ1v) is 7.43. The third-order valence-electron chi connectivity index (χ3n) is 3.36. The first-order valence-electron chi connectivity index (χ1n) is 7.43. The summed E-state index contributed by atoms with van der Waals surface area (Å²) in [5.74, 6) is 0.474. The molecule has 1 aromatic carbocycles. The Morgan fingerprint density at radius 2 is 1.79 bits per heavy atom. The van der Waals surface area contributed by atoms with Crippen LogP contribution in [-0.4, -0.2) is 32.6 Å². The van der Waals surface area contributed by atoms with Crippen molar-refractivity contribution < 1.29 is 23.5 Å². The van der Waals surface area contributed by atoms with E-state index in [0.29, 0.717) is 30.2 Å². The van der Waals surface area contributed by atoms with Crippen molar-refractivity contribution in [3.05, 3.63) is 47.9 Å². The lowest BCUT2D eigenvalue weighted by molar-refractivity contribution is -0.139. The number of carbonyl (C=O) groups is 2. The van der Waals surface area contributed by atoms with E-state index < -0.39 is 11.8 Å². The topological polar surface area (TPSA) is 89.8 Å². The van der Waals surface area contributed by atoms with Crippen LogP contribution >= 0.6 is 0 Å². The maximum atomic E-state index is 11.7. The summed E-state index contributed by atoms with van der Waals surface area (Å²) < 4.78 is 15.5. The Morgan fingerprint density at radius 1 is 1.04 bits per heavy atom. The molecule has 128 valence electrons. The van der Waals surface area contributed by atoms with E-state index in [1.807, 2.05) is 12.1 Å². The van der Waals surface area contributed by atoms with Crippen LogP contribution in [0.25, 0.3) is 0 Å². The average molecular weight is 332 g/mol. The number of furan rings is 1. The largest absolute Gasteiger partial charge is 0.493 e. The molecule has 0 fully saturated rings. The first-order chi connectivity index (χ1) is 11.6. The van der Waals surface area contributed by atoms with Gasteiger partial charge in [-0.3, -0.25) is 9.59 Å². The maximum Gasteiger partial charge on any atom is 0.309 e. The smallest absolute Gasteiger partial charge is 0.309 e. The third kappa shape index (κ3) is 4.77. The molecule has 1 aromatic heterocycles. The third-order valence-corrected chi connectivity index (χ3v) is 3.36. The van der Waals surface area contributed by atoms with Gasteiger partial charge in [-0.15, -0.1) is 0 Å².